The lowest BCUT2D eigenvalue weighted by molar-refractivity contribution is 0.600. The van der Waals surface area contributed by atoms with E-state index in [2.05, 4.69) is 10.3 Å². The maximum atomic E-state index is 13.6. The van der Waals surface area contributed by atoms with Crippen LogP contribution in [0.3, 0.4) is 0 Å². The van der Waals surface area contributed by atoms with Gasteiger partial charge in [-0.2, -0.15) is 0 Å². The monoisotopic (exact) mass is 245 g/mol. The van der Waals surface area contributed by atoms with Crippen LogP contribution in [0.5, 0.6) is 0 Å². The van der Waals surface area contributed by atoms with Crippen LogP contribution in [-0.2, 0) is 0 Å². The molecule has 18 heavy (non-hydrogen) atoms. The molecule has 0 saturated carbocycles. The van der Waals surface area contributed by atoms with Crippen LogP contribution in [0.1, 0.15) is 24.1 Å². The van der Waals surface area contributed by atoms with E-state index in [0.29, 0.717) is 17.1 Å². The summed E-state index contributed by atoms with van der Waals surface area (Å²) in [6.45, 7) is 3.80. The van der Waals surface area contributed by atoms with Gasteiger partial charge in [-0.05, 0) is 31.5 Å². The molecule has 2 rings (SSSR count). The molecule has 0 amide bonds. The zero-order valence-electron chi connectivity index (χ0n) is 10.4. The Kier molecular flexibility index (Phi) is 3.46. The molecule has 0 aliphatic rings. The lowest BCUT2D eigenvalue weighted by atomic mass is 10.1. The highest BCUT2D eigenvalue weighted by molar-refractivity contribution is 5.62. The summed E-state index contributed by atoms with van der Waals surface area (Å²) in [4.78, 5) is 4.21. The highest BCUT2D eigenvalue weighted by Crippen LogP contribution is 2.24. The van der Waals surface area contributed by atoms with Crippen LogP contribution < -0.4 is 11.1 Å². The number of nitrogens with two attached hydrogens (primary N) is 1. The Labute approximate surface area is 106 Å². The first-order chi connectivity index (χ1) is 8.58. The third kappa shape index (κ3) is 2.59. The number of nitrogen functional groups attached to an aromatic ring is 1. The van der Waals surface area contributed by atoms with Gasteiger partial charge in [0.05, 0.1) is 11.7 Å². The van der Waals surface area contributed by atoms with Crippen molar-refractivity contribution in [1.82, 2.24) is 4.98 Å². The smallest absolute Gasteiger partial charge is 0.149 e. The number of pyridine rings is 1. The number of aryl methyl sites for hydroxylation is 1. The van der Waals surface area contributed by atoms with Crippen LogP contribution in [0.4, 0.5) is 15.9 Å². The van der Waals surface area contributed by atoms with Crippen molar-refractivity contribution in [2.24, 2.45) is 0 Å². The first-order valence-electron chi connectivity index (χ1n) is 5.81. The predicted molar refractivity (Wildman–Crippen MR) is 71.8 cm³/mol. The van der Waals surface area contributed by atoms with Crippen LogP contribution in [0.25, 0.3) is 0 Å². The van der Waals surface area contributed by atoms with E-state index in [1.807, 2.05) is 26.0 Å². The van der Waals surface area contributed by atoms with Gasteiger partial charge in [0.1, 0.15) is 11.6 Å². The van der Waals surface area contributed by atoms with Gasteiger partial charge in [-0.1, -0.05) is 18.2 Å². The summed E-state index contributed by atoms with van der Waals surface area (Å²) in [5.41, 5.74) is 8.03. The van der Waals surface area contributed by atoms with Gasteiger partial charge in [0, 0.05) is 11.8 Å². The Morgan fingerprint density at radius 2 is 2.06 bits per heavy atom. The van der Waals surface area contributed by atoms with Crippen molar-refractivity contribution < 1.29 is 4.39 Å². The normalized spacial score (nSPS) is 12.2. The fourth-order valence-electron chi connectivity index (χ4n) is 1.82. The van der Waals surface area contributed by atoms with Crippen LogP contribution in [0.15, 0.2) is 36.5 Å². The number of anilines is 2. The average Bonchev–Trinajstić information content (AvgIpc) is 2.33. The Morgan fingerprint density at radius 1 is 1.33 bits per heavy atom. The zero-order valence-corrected chi connectivity index (χ0v) is 10.4. The zero-order chi connectivity index (χ0) is 13.1. The number of rotatable bonds is 3. The fraction of sp³-hybridized carbons (Fsp3) is 0.214. The third-order valence-electron chi connectivity index (χ3n) is 2.78. The topological polar surface area (TPSA) is 50.9 Å². The summed E-state index contributed by atoms with van der Waals surface area (Å²) in [7, 11) is 0. The maximum Gasteiger partial charge on any atom is 0.149 e. The molecule has 0 radical (unpaired) electrons. The Morgan fingerprint density at radius 3 is 2.72 bits per heavy atom. The highest BCUT2D eigenvalue weighted by Gasteiger charge is 2.11. The van der Waals surface area contributed by atoms with Gasteiger partial charge >= 0.3 is 0 Å². The van der Waals surface area contributed by atoms with Gasteiger partial charge in [0.25, 0.3) is 0 Å². The summed E-state index contributed by atoms with van der Waals surface area (Å²) < 4.78 is 13.6. The minimum atomic E-state index is -0.233. The van der Waals surface area contributed by atoms with E-state index < -0.39 is 0 Å². The number of nitrogens with zero attached hydrogens (tertiary/aromatic N) is 1. The van der Waals surface area contributed by atoms with E-state index in [1.165, 1.54) is 6.07 Å². The van der Waals surface area contributed by atoms with Gasteiger partial charge in [0.2, 0.25) is 0 Å². The maximum absolute atomic E-state index is 13.6. The van der Waals surface area contributed by atoms with Gasteiger partial charge in [-0.25, -0.2) is 9.37 Å². The molecule has 94 valence electrons. The second-order valence-electron chi connectivity index (χ2n) is 4.34. The number of halogens is 1. The average molecular weight is 245 g/mol. The lowest BCUT2D eigenvalue weighted by Crippen LogP contribution is -2.11. The molecule has 1 unspecified atom stereocenters. The second-order valence-corrected chi connectivity index (χ2v) is 4.34. The lowest BCUT2D eigenvalue weighted by Gasteiger charge is -2.17. The summed E-state index contributed by atoms with van der Waals surface area (Å²) >= 11 is 0. The standard InChI is InChI=1S/C14H16FN3/c1-9-7-13(16)14(17-8-9)18-10(2)11-5-3-4-6-12(11)15/h3-8,10H,16H2,1-2H3,(H,17,18). The molecule has 1 heterocycles. The summed E-state index contributed by atoms with van der Waals surface area (Å²) in [6.07, 6.45) is 1.73. The first-order valence-corrected chi connectivity index (χ1v) is 5.81. The quantitative estimate of drug-likeness (QED) is 0.872. The molecule has 1 atom stereocenters. The Balaban J connectivity index is 2.21. The summed E-state index contributed by atoms with van der Waals surface area (Å²) in [6, 6.07) is 8.32. The van der Waals surface area contributed by atoms with Crippen molar-refractivity contribution in [1.29, 1.82) is 0 Å². The molecule has 3 N–H and O–H groups in total. The molecule has 3 nitrogen and oxygen atoms in total. The van der Waals surface area contributed by atoms with Gasteiger partial charge < -0.3 is 11.1 Å². The minimum absolute atomic E-state index is 0.191. The van der Waals surface area contributed by atoms with Gasteiger partial charge in [-0.3, -0.25) is 0 Å². The Hall–Kier alpha value is -2.10. The van der Waals surface area contributed by atoms with E-state index in [1.54, 1.807) is 18.3 Å². The molecule has 0 aliphatic carbocycles. The third-order valence-corrected chi connectivity index (χ3v) is 2.78. The van der Waals surface area contributed by atoms with Crippen molar-refractivity contribution >= 4 is 11.5 Å². The van der Waals surface area contributed by atoms with Crippen molar-refractivity contribution in [2.45, 2.75) is 19.9 Å². The molecule has 0 aliphatic heterocycles. The van der Waals surface area contributed by atoms with Crippen LogP contribution in [0, 0.1) is 12.7 Å². The Bertz CT molecular complexity index is 554. The fourth-order valence-corrected chi connectivity index (χ4v) is 1.82. The first kappa shape index (κ1) is 12.4. The SMILES string of the molecule is Cc1cnc(NC(C)c2ccccc2F)c(N)c1. The van der Waals surface area contributed by atoms with Crippen molar-refractivity contribution in [3.05, 3.63) is 53.5 Å². The highest BCUT2D eigenvalue weighted by atomic mass is 19.1. The molecule has 1 aromatic heterocycles. The summed E-state index contributed by atoms with van der Waals surface area (Å²) in [5.74, 6) is 0.347. The number of hydrogen-bond acceptors (Lipinski definition) is 3. The molecule has 0 fully saturated rings. The number of aromatic nitrogens is 1. The van der Waals surface area contributed by atoms with Gasteiger partial charge in [0.15, 0.2) is 0 Å². The van der Waals surface area contributed by atoms with E-state index in [4.69, 9.17) is 5.73 Å². The summed E-state index contributed by atoms with van der Waals surface area (Å²) in [5, 5.41) is 3.12. The van der Waals surface area contributed by atoms with Crippen molar-refractivity contribution in [2.75, 3.05) is 11.1 Å². The van der Waals surface area contributed by atoms with E-state index >= 15 is 0 Å². The van der Waals surface area contributed by atoms with E-state index in [0.717, 1.165) is 5.56 Å². The van der Waals surface area contributed by atoms with E-state index in [9.17, 15) is 4.39 Å². The van der Waals surface area contributed by atoms with Crippen LogP contribution in [0.2, 0.25) is 0 Å². The van der Waals surface area contributed by atoms with Crippen molar-refractivity contribution in [3.8, 4) is 0 Å². The molecule has 4 heteroatoms. The molecule has 0 bridgehead atoms. The van der Waals surface area contributed by atoms with Crippen LogP contribution in [-0.4, -0.2) is 4.98 Å². The molecule has 0 saturated heterocycles. The largest absolute Gasteiger partial charge is 0.396 e. The van der Waals surface area contributed by atoms with Gasteiger partial charge in [-0.15, -0.1) is 0 Å². The van der Waals surface area contributed by atoms with E-state index in [-0.39, 0.29) is 11.9 Å². The predicted octanol–water partition coefficient (Wildman–Crippen LogP) is 3.28. The molecular weight excluding hydrogens is 229 g/mol. The minimum Gasteiger partial charge on any atom is -0.396 e. The molecule has 0 spiro atoms. The molecule has 1 aromatic carbocycles. The molecular formula is C14H16FN3. The van der Waals surface area contributed by atoms with Crippen LogP contribution >= 0.6 is 0 Å². The number of nitrogens with one attached hydrogen (secondary N) is 1. The molecule has 2 aromatic rings. The second kappa shape index (κ2) is 5.04. The number of hydrogen-bond donors (Lipinski definition) is 2. The number of benzene rings is 1. The van der Waals surface area contributed by atoms with Crippen molar-refractivity contribution in [3.63, 3.8) is 0 Å².